The molecule has 1 nitrogen and oxygen atoms in total. The van der Waals surface area contributed by atoms with E-state index in [9.17, 15) is 0 Å². The van der Waals surface area contributed by atoms with Gasteiger partial charge in [0, 0.05) is 0 Å². The van der Waals surface area contributed by atoms with Crippen LogP contribution in [0.15, 0.2) is 54.6 Å². The second kappa shape index (κ2) is 5.46. The molecule has 0 aliphatic rings. The molecule has 1 heteroatoms. The van der Waals surface area contributed by atoms with E-state index in [4.69, 9.17) is 5.11 Å². The van der Waals surface area contributed by atoms with Gasteiger partial charge in [0.05, 0.1) is 6.61 Å². The fourth-order valence-corrected chi connectivity index (χ4v) is 1.86. The first-order chi connectivity index (χ1) is 8.31. The van der Waals surface area contributed by atoms with Gasteiger partial charge < -0.3 is 5.11 Å². The zero-order valence-corrected chi connectivity index (χ0v) is 9.93. The van der Waals surface area contributed by atoms with Crippen molar-refractivity contribution in [1.82, 2.24) is 0 Å². The Kier molecular flexibility index (Phi) is 3.73. The molecule has 0 atom stereocenters. The highest BCUT2D eigenvalue weighted by Crippen LogP contribution is 2.23. The van der Waals surface area contributed by atoms with Crippen molar-refractivity contribution >= 4 is 6.08 Å². The molecule has 0 aliphatic carbocycles. The predicted molar refractivity (Wildman–Crippen MR) is 72.7 cm³/mol. The molecule has 0 saturated carbocycles. The lowest BCUT2D eigenvalue weighted by atomic mass is 9.99. The first-order valence-electron chi connectivity index (χ1n) is 5.75. The normalized spacial score (nSPS) is 10.9. The van der Waals surface area contributed by atoms with Crippen LogP contribution in [-0.2, 0) is 0 Å². The Labute approximate surface area is 102 Å². The number of rotatable bonds is 3. The predicted octanol–water partition coefficient (Wildman–Crippen LogP) is 3.67. The van der Waals surface area contributed by atoms with Crippen LogP contribution >= 0.6 is 0 Å². The van der Waals surface area contributed by atoms with Gasteiger partial charge in [-0.25, -0.2) is 0 Å². The first kappa shape index (κ1) is 11.6. The Morgan fingerprint density at radius 2 is 1.71 bits per heavy atom. The summed E-state index contributed by atoms with van der Waals surface area (Å²) in [5.41, 5.74) is 4.89. The van der Waals surface area contributed by atoms with Crippen LogP contribution in [-0.4, -0.2) is 11.7 Å². The van der Waals surface area contributed by atoms with Crippen molar-refractivity contribution in [3.63, 3.8) is 0 Å². The van der Waals surface area contributed by atoms with Gasteiger partial charge in [-0.05, 0) is 29.2 Å². The van der Waals surface area contributed by atoms with E-state index in [-0.39, 0.29) is 6.61 Å². The van der Waals surface area contributed by atoms with Crippen LogP contribution in [0.5, 0.6) is 0 Å². The second-order valence-corrected chi connectivity index (χ2v) is 4.02. The fourth-order valence-electron chi connectivity index (χ4n) is 1.86. The summed E-state index contributed by atoms with van der Waals surface area (Å²) < 4.78 is 0. The molecule has 0 aromatic heterocycles. The molecule has 2 rings (SSSR count). The van der Waals surface area contributed by atoms with Gasteiger partial charge in [-0.1, -0.05) is 60.7 Å². The topological polar surface area (TPSA) is 20.2 Å². The molecule has 0 aliphatic heterocycles. The molecule has 17 heavy (non-hydrogen) atoms. The van der Waals surface area contributed by atoms with Crippen LogP contribution in [0.3, 0.4) is 0 Å². The summed E-state index contributed by atoms with van der Waals surface area (Å²) in [4.78, 5) is 0. The van der Waals surface area contributed by atoms with Gasteiger partial charge in [0.15, 0.2) is 0 Å². The quantitative estimate of drug-likeness (QED) is 0.843. The highest BCUT2D eigenvalue weighted by atomic mass is 16.2. The Morgan fingerprint density at radius 1 is 1.00 bits per heavy atom. The summed E-state index contributed by atoms with van der Waals surface area (Å²) in [5.74, 6) is 0. The summed E-state index contributed by atoms with van der Waals surface area (Å²) in [6.07, 6.45) is 3.66. The largest absolute Gasteiger partial charge is 0.392 e. The van der Waals surface area contributed by atoms with E-state index in [0.717, 1.165) is 5.56 Å². The van der Waals surface area contributed by atoms with Gasteiger partial charge in [-0.3, -0.25) is 0 Å². The van der Waals surface area contributed by atoms with Crippen molar-refractivity contribution in [2.24, 2.45) is 0 Å². The van der Waals surface area contributed by atoms with E-state index in [0.29, 0.717) is 0 Å². The number of hydrogen-bond acceptors (Lipinski definition) is 1. The van der Waals surface area contributed by atoms with Gasteiger partial charge in [0.1, 0.15) is 0 Å². The molecule has 2 aromatic carbocycles. The molecule has 0 heterocycles. The molecular formula is C16H16O. The Bertz CT molecular complexity index is 509. The fraction of sp³-hybridized carbons (Fsp3) is 0.125. The number of aryl methyl sites for hydroxylation is 1. The third kappa shape index (κ3) is 2.83. The third-order valence-electron chi connectivity index (χ3n) is 2.78. The molecule has 0 bridgehead atoms. The monoisotopic (exact) mass is 224 g/mol. The van der Waals surface area contributed by atoms with Crippen molar-refractivity contribution in [3.8, 4) is 11.1 Å². The molecule has 0 amide bonds. The molecule has 0 radical (unpaired) electrons. The van der Waals surface area contributed by atoms with Gasteiger partial charge in [-0.2, -0.15) is 0 Å². The van der Waals surface area contributed by atoms with Crippen LogP contribution in [0.2, 0.25) is 0 Å². The van der Waals surface area contributed by atoms with Crippen LogP contribution < -0.4 is 0 Å². The molecular weight excluding hydrogens is 208 g/mol. The minimum atomic E-state index is 0.0829. The van der Waals surface area contributed by atoms with E-state index < -0.39 is 0 Å². The van der Waals surface area contributed by atoms with Crippen LogP contribution in [0.4, 0.5) is 0 Å². The van der Waals surface area contributed by atoms with Crippen LogP contribution in [0.1, 0.15) is 11.1 Å². The Morgan fingerprint density at radius 3 is 2.35 bits per heavy atom. The lowest BCUT2D eigenvalue weighted by Gasteiger charge is -2.05. The minimum absolute atomic E-state index is 0.0829. The number of hydrogen-bond donors (Lipinski definition) is 1. The second-order valence-electron chi connectivity index (χ2n) is 4.02. The third-order valence-corrected chi connectivity index (χ3v) is 2.78. The Balaban J connectivity index is 2.30. The van der Waals surface area contributed by atoms with Crippen LogP contribution in [0, 0.1) is 6.92 Å². The summed E-state index contributed by atoms with van der Waals surface area (Å²) in [5, 5.41) is 8.71. The van der Waals surface area contributed by atoms with Gasteiger partial charge >= 0.3 is 0 Å². The highest BCUT2D eigenvalue weighted by molar-refractivity contribution is 5.68. The van der Waals surface area contributed by atoms with E-state index in [2.05, 4.69) is 55.5 Å². The minimum Gasteiger partial charge on any atom is -0.392 e. The van der Waals surface area contributed by atoms with Crippen molar-refractivity contribution < 1.29 is 5.11 Å². The molecule has 0 spiro atoms. The average Bonchev–Trinajstić information content (AvgIpc) is 2.38. The molecule has 0 fully saturated rings. The number of benzene rings is 2. The maximum atomic E-state index is 8.71. The van der Waals surface area contributed by atoms with E-state index in [1.54, 1.807) is 6.08 Å². The van der Waals surface area contributed by atoms with Crippen molar-refractivity contribution in [2.45, 2.75) is 6.92 Å². The molecule has 0 unspecified atom stereocenters. The smallest absolute Gasteiger partial charge is 0.0615 e. The lowest BCUT2D eigenvalue weighted by molar-refractivity contribution is 0.343. The van der Waals surface area contributed by atoms with Crippen molar-refractivity contribution in [2.75, 3.05) is 6.61 Å². The maximum absolute atomic E-state index is 8.71. The van der Waals surface area contributed by atoms with Crippen molar-refractivity contribution in [3.05, 3.63) is 65.7 Å². The molecule has 0 saturated heterocycles. The van der Waals surface area contributed by atoms with Gasteiger partial charge in [0.2, 0.25) is 0 Å². The Hall–Kier alpha value is -1.86. The van der Waals surface area contributed by atoms with E-state index in [1.807, 2.05) is 6.08 Å². The zero-order chi connectivity index (χ0) is 12.1. The lowest BCUT2D eigenvalue weighted by Crippen LogP contribution is -1.82. The van der Waals surface area contributed by atoms with Crippen LogP contribution in [0.25, 0.3) is 17.2 Å². The SMILES string of the molecule is Cc1ccccc1-c1ccc(C=CCO)cc1. The summed E-state index contributed by atoms with van der Waals surface area (Å²) in [6, 6.07) is 16.7. The number of aliphatic hydroxyl groups excluding tert-OH is 1. The summed E-state index contributed by atoms with van der Waals surface area (Å²) >= 11 is 0. The van der Waals surface area contributed by atoms with E-state index >= 15 is 0 Å². The summed E-state index contributed by atoms with van der Waals surface area (Å²) in [6.45, 7) is 2.20. The highest BCUT2D eigenvalue weighted by Gasteiger charge is 1.99. The average molecular weight is 224 g/mol. The molecule has 2 aromatic rings. The first-order valence-corrected chi connectivity index (χ1v) is 5.75. The van der Waals surface area contributed by atoms with Gasteiger partial charge in [-0.15, -0.1) is 0 Å². The van der Waals surface area contributed by atoms with Gasteiger partial charge in [0.25, 0.3) is 0 Å². The molecule has 86 valence electrons. The maximum Gasteiger partial charge on any atom is 0.0615 e. The standard InChI is InChI=1S/C16H16O/c1-13-5-2-3-7-16(13)15-10-8-14(9-11-15)6-4-12-17/h2-11,17H,12H2,1H3. The van der Waals surface area contributed by atoms with E-state index in [1.165, 1.54) is 16.7 Å². The summed E-state index contributed by atoms with van der Waals surface area (Å²) in [7, 11) is 0. The van der Waals surface area contributed by atoms with Crippen molar-refractivity contribution in [1.29, 1.82) is 0 Å². The molecule has 1 N–H and O–H groups in total. The number of aliphatic hydroxyl groups is 1. The zero-order valence-electron chi connectivity index (χ0n) is 9.93.